The van der Waals surface area contributed by atoms with Crippen molar-refractivity contribution in [1.29, 1.82) is 0 Å². The van der Waals surface area contributed by atoms with Gasteiger partial charge in [0.05, 0.1) is 0 Å². The fourth-order valence-corrected chi connectivity index (χ4v) is 4.56. The van der Waals surface area contributed by atoms with E-state index in [0.717, 1.165) is 46.5 Å². The van der Waals surface area contributed by atoms with E-state index in [1.807, 2.05) is 67.6 Å². The Kier molecular flexibility index (Phi) is 7.67. The van der Waals surface area contributed by atoms with Gasteiger partial charge in [-0.1, -0.05) is 59.3 Å². The summed E-state index contributed by atoms with van der Waals surface area (Å²) in [5.41, 5.74) is 3.73. The van der Waals surface area contributed by atoms with Crippen molar-refractivity contribution in [2.45, 2.75) is 58.1 Å². The van der Waals surface area contributed by atoms with Crippen LogP contribution in [-0.4, -0.2) is 43.5 Å². The molecule has 1 aliphatic rings. The van der Waals surface area contributed by atoms with Crippen LogP contribution in [0.2, 0.25) is 0 Å². The fraction of sp³-hybridized carbons (Fsp3) is 0.303. The molecule has 2 aromatic heterocycles. The van der Waals surface area contributed by atoms with Crippen molar-refractivity contribution >= 4 is 11.9 Å². The summed E-state index contributed by atoms with van der Waals surface area (Å²) >= 11 is 0. The quantitative estimate of drug-likeness (QED) is 0.176. The Morgan fingerprint density at radius 3 is 2.26 bits per heavy atom. The molecule has 2 heterocycles. The minimum Gasteiger partial charge on any atom is -0.478 e. The Balaban J connectivity index is 1.18. The van der Waals surface area contributed by atoms with Gasteiger partial charge in [0.2, 0.25) is 11.7 Å². The highest BCUT2D eigenvalue weighted by atomic mass is 16.5. The van der Waals surface area contributed by atoms with Gasteiger partial charge < -0.3 is 23.8 Å². The van der Waals surface area contributed by atoms with Crippen LogP contribution in [0.1, 0.15) is 55.2 Å². The molecule has 43 heavy (non-hydrogen) atoms. The molecule has 0 radical (unpaired) electrons. The highest BCUT2D eigenvalue weighted by Crippen LogP contribution is 2.39. The number of anilines is 1. The number of carbonyl (C=O) groups is 1. The summed E-state index contributed by atoms with van der Waals surface area (Å²) in [7, 11) is 0. The lowest BCUT2D eigenvalue weighted by atomic mass is 10.1. The van der Waals surface area contributed by atoms with Crippen molar-refractivity contribution in [2.75, 3.05) is 11.4 Å². The zero-order valence-electron chi connectivity index (χ0n) is 24.4. The standard InChI is InChI=1S/C33H33N5O5/c1-21-4-10-25(11-5-21)30-35-32(37-43-30)38(19-18-22-8-16-27(17-9-22)41-33(2,3)31(39)40)20-23-6-12-24(13-7-23)28-34-29(42-36-28)26-14-15-26/h4-13,16-17,26H,14-15,18-20H2,1-3H3,(H,39,40). The molecule has 1 aliphatic carbocycles. The average molecular weight is 580 g/mol. The van der Waals surface area contributed by atoms with E-state index in [1.54, 1.807) is 12.1 Å². The van der Waals surface area contributed by atoms with E-state index in [4.69, 9.17) is 18.8 Å². The van der Waals surface area contributed by atoms with Crippen LogP contribution in [0.4, 0.5) is 5.95 Å². The molecule has 1 fully saturated rings. The monoisotopic (exact) mass is 579 g/mol. The van der Waals surface area contributed by atoms with E-state index in [-0.39, 0.29) is 0 Å². The Bertz CT molecular complexity index is 1690. The number of benzene rings is 3. The smallest absolute Gasteiger partial charge is 0.347 e. The summed E-state index contributed by atoms with van der Waals surface area (Å²) in [6, 6.07) is 23.5. The van der Waals surface area contributed by atoms with E-state index in [1.165, 1.54) is 13.8 Å². The van der Waals surface area contributed by atoms with Gasteiger partial charge in [-0.05, 0) is 80.6 Å². The molecule has 220 valence electrons. The molecule has 6 rings (SSSR count). The number of aryl methyl sites for hydroxylation is 1. The average Bonchev–Trinajstić information content (AvgIpc) is 3.52. The second kappa shape index (κ2) is 11.7. The molecule has 0 atom stereocenters. The highest BCUT2D eigenvalue weighted by Gasteiger charge is 2.30. The van der Waals surface area contributed by atoms with Gasteiger partial charge >= 0.3 is 5.97 Å². The van der Waals surface area contributed by atoms with Crippen molar-refractivity contribution in [3.63, 3.8) is 0 Å². The first-order valence-electron chi connectivity index (χ1n) is 14.3. The largest absolute Gasteiger partial charge is 0.478 e. The van der Waals surface area contributed by atoms with Crippen LogP contribution in [0.25, 0.3) is 22.8 Å². The number of aliphatic carboxylic acids is 1. The minimum atomic E-state index is -1.31. The molecule has 1 saturated carbocycles. The number of rotatable bonds is 12. The van der Waals surface area contributed by atoms with Crippen molar-refractivity contribution in [3.8, 4) is 28.6 Å². The Hall–Kier alpha value is -4.99. The summed E-state index contributed by atoms with van der Waals surface area (Å²) in [6.07, 6.45) is 2.92. The van der Waals surface area contributed by atoms with Gasteiger partial charge in [0.25, 0.3) is 11.8 Å². The van der Waals surface area contributed by atoms with Gasteiger partial charge in [0.1, 0.15) is 5.75 Å². The first kappa shape index (κ1) is 28.1. The molecule has 0 bridgehead atoms. The van der Waals surface area contributed by atoms with E-state index in [0.29, 0.717) is 48.8 Å². The minimum absolute atomic E-state index is 0.411. The SMILES string of the molecule is Cc1ccc(-c2nc(N(CCc3ccc(OC(C)(C)C(=O)O)cc3)Cc3ccc(-c4noc(C5CC5)n4)cc3)no2)cc1. The van der Waals surface area contributed by atoms with Crippen molar-refractivity contribution < 1.29 is 23.7 Å². The predicted octanol–water partition coefficient (Wildman–Crippen LogP) is 6.46. The number of hydrogen-bond acceptors (Lipinski definition) is 9. The summed E-state index contributed by atoms with van der Waals surface area (Å²) in [4.78, 5) is 22.8. The maximum absolute atomic E-state index is 11.4. The third-order valence-electron chi connectivity index (χ3n) is 7.43. The molecular formula is C33H33N5O5. The third kappa shape index (κ3) is 6.74. The summed E-state index contributed by atoms with van der Waals surface area (Å²) < 4.78 is 16.7. The van der Waals surface area contributed by atoms with E-state index in [9.17, 15) is 9.90 Å². The molecular weight excluding hydrogens is 546 g/mol. The molecule has 0 amide bonds. The van der Waals surface area contributed by atoms with Gasteiger partial charge in [0.15, 0.2) is 5.60 Å². The maximum atomic E-state index is 11.4. The van der Waals surface area contributed by atoms with Crippen LogP contribution >= 0.6 is 0 Å². The van der Waals surface area contributed by atoms with E-state index in [2.05, 4.69) is 20.2 Å². The van der Waals surface area contributed by atoms with Crippen LogP contribution in [-0.2, 0) is 17.8 Å². The number of carboxylic acids is 1. The number of nitrogens with zero attached hydrogens (tertiary/aromatic N) is 5. The van der Waals surface area contributed by atoms with Crippen LogP contribution in [0.15, 0.2) is 81.8 Å². The van der Waals surface area contributed by atoms with E-state index >= 15 is 0 Å². The molecule has 0 spiro atoms. The van der Waals surface area contributed by atoms with Gasteiger partial charge in [-0.2, -0.15) is 9.97 Å². The molecule has 10 heteroatoms. The summed E-state index contributed by atoms with van der Waals surface area (Å²) in [5.74, 6) is 2.17. The number of ether oxygens (including phenoxy) is 1. The molecule has 10 nitrogen and oxygen atoms in total. The lowest BCUT2D eigenvalue weighted by Crippen LogP contribution is -2.37. The fourth-order valence-electron chi connectivity index (χ4n) is 4.56. The highest BCUT2D eigenvalue weighted by molar-refractivity contribution is 5.76. The normalized spacial score (nSPS) is 13.2. The zero-order chi connectivity index (χ0) is 30.0. The van der Waals surface area contributed by atoms with Crippen LogP contribution in [0.3, 0.4) is 0 Å². The topological polar surface area (TPSA) is 128 Å². The summed E-state index contributed by atoms with van der Waals surface area (Å²) in [5, 5.41) is 17.8. The lowest BCUT2D eigenvalue weighted by molar-refractivity contribution is -0.152. The van der Waals surface area contributed by atoms with Crippen LogP contribution in [0.5, 0.6) is 5.75 Å². The molecule has 0 unspecified atom stereocenters. The predicted molar refractivity (Wildman–Crippen MR) is 160 cm³/mol. The second-order valence-electron chi connectivity index (χ2n) is 11.4. The van der Waals surface area contributed by atoms with Crippen LogP contribution < -0.4 is 9.64 Å². The maximum Gasteiger partial charge on any atom is 0.347 e. The lowest BCUT2D eigenvalue weighted by Gasteiger charge is -2.22. The first-order chi connectivity index (χ1) is 20.7. The molecule has 0 saturated heterocycles. The van der Waals surface area contributed by atoms with Crippen molar-refractivity contribution in [3.05, 3.63) is 95.4 Å². The Morgan fingerprint density at radius 2 is 1.58 bits per heavy atom. The molecule has 5 aromatic rings. The van der Waals surface area contributed by atoms with Crippen molar-refractivity contribution in [2.24, 2.45) is 0 Å². The first-order valence-corrected chi connectivity index (χ1v) is 14.3. The number of aromatic nitrogens is 4. The molecule has 0 aliphatic heterocycles. The Morgan fingerprint density at radius 1 is 0.907 bits per heavy atom. The number of hydrogen-bond donors (Lipinski definition) is 1. The second-order valence-corrected chi connectivity index (χ2v) is 11.4. The molecule has 3 aromatic carbocycles. The van der Waals surface area contributed by atoms with Gasteiger partial charge in [-0.25, -0.2) is 4.79 Å². The van der Waals surface area contributed by atoms with E-state index < -0.39 is 11.6 Å². The third-order valence-corrected chi connectivity index (χ3v) is 7.43. The van der Waals surface area contributed by atoms with Crippen molar-refractivity contribution in [1.82, 2.24) is 20.3 Å². The van der Waals surface area contributed by atoms with Crippen LogP contribution in [0, 0.1) is 6.92 Å². The zero-order valence-corrected chi connectivity index (χ0v) is 24.4. The van der Waals surface area contributed by atoms with Gasteiger partial charge in [0, 0.05) is 30.1 Å². The summed E-state index contributed by atoms with van der Waals surface area (Å²) in [6.45, 7) is 6.26. The Labute approximate surface area is 249 Å². The number of carboxylic acid groups (broad SMARTS) is 1. The van der Waals surface area contributed by atoms with Gasteiger partial charge in [-0.15, -0.1) is 0 Å². The molecule has 1 N–H and O–H groups in total. The van der Waals surface area contributed by atoms with Gasteiger partial charge in [-0.3, -0.25) is 0 Å².